The summed E-state index contributed by atoms with van der Waals surface area (Å²) in [6.07, 6.45) is -0.0610. The number of aliphatic carboxylic acids is 1. The average molecular weight is 284 g/mol. The molecule has 0 atom stereocenters. The fourth-order valence-electron chi connectivity index (χ4n) is 1.48. The molecule has 2 rings (SSSR count). The van der Waals surface area contributed by atoms with E-state index in [-0.39, 0.29) is 6.42 Å². The topological polar surface area (TPSA) is 59.4 Å². The predicted octanol–water partition coefficient (Wildman–Crippen LogP) is 3.10. The summed E-state index contributed by atoms with van der Waals surface area (Å²) in [5, 5.41) is 11.6. The number of carboxylic acids is 1. The first-order chi connectivity index (χ1) is 8.60. The summed E-state index contributed by atoms with van der Waals surface area (Å²) >= 11 is 7.35. The molecule has 1 aromatic carbocycles. The number of hydrogen-bond acceptors (Lipinski definition) is 4. The Labute approximate surface area is 113 Å². The lowest BCUT2D eigenvalue weighted by Crippen LogP contribution is -1.99. The molecule has 0 radical (unpaired) electrons. The van der Waals surface area contributed by atoms with Crippen molar-refractivity contribution in [2.45, 2.75) is 6.42 Å². The number of carbonyl (C=O) groups is 1. The van der Waals surface area contributed by atoms with Gasteiger partial charge in [0.15, 0.2) is 0 Å². The molecule has 0 fully saturated rings. The van der Waals surface area contributed by atoms with E-state index in [1.165, 1.54) is 11.3 Å². The highest BCUT2D eigenvalue weighted by Crippen LogP contribution is 2.30. The van der Waals surface area contributed by atoms with E-state index >= 15 is 0 Å². The van der Waals surface area contributed by atoms with Crippen molar-refractivity contribution in [1.29, 1.82) is 0 Å². The Kier molecular flexibility index (Phi) is 3.84. The monoisotopic (exact) mass is 283 g/mol. The second-order valence-electron chi connectivity index (χ2n) is 3.55. The number of aromatic nitrogens is 1. The van der Waals surface area contributed by atoms with Gasteiger partial charge in [-0.2, -0.15) is 0 Å². The van der Waals surface area contributed by atoms with Gasteiger partial charge < -0.3 is 9.84 Å². The molecule has 0 unspecified atom stereocenters. The summed E-state index contributed by atoms with van der Waals surface area (Å²) in [6.45, 7) is 0. The molecule has 1 N–H and O–H groups in total. The summed E-state index contributed by atoms with van der Waals surface area (Å²) in [7, 11) is 1.55. The molecular weight excluding hydrogens is 274 g/mol. The molecule has 0 aliphatic heterocycles. The summed E-state index contributed by atoms with van der Waals surface area (Å²) in [5.74, 6) is -0.287. The summed E-state index contributed by atoms with van der Waals surface area (Å²) in [5.41, 5.74) is 1.56. The van der Waals surface area contributed by atoms with Crippen LogP contribution in [0, 0.1) is 0 Å². The first-order valence-corrected chi connectivity index (χ1v) is 6.36. The van der Waals surface area contributed by atoms with E-state index in [9.17, 15) is 4.79 Å². The zero-order chi connectivity index (χ0) is 13.1. The quantitative estimate of drug-likeness (QED) is 0.937. The van der Waals surface area contributed by atoms with Crippen molar-refractivity contribution in [3.05, 3.63) is 33.6 Å². The molecule has 0 saturated carbocycles. The first kappa shape index (κ1) is 12.9. The third kappa shape index (κ3) is 2.80. The number of ether oxygens (including phenoxy) is 1. The Morgan fingerprint density at radius 2 is 2.33 bits per heavy atom. The van der Waals surface area contributed by atoms with Crippen molar-refractivity contribution in [3.63, 3.8) is 0 Å². The van der Waals surface area contributed by atoms with E-state index in [1.54, 1.807) is 19.2 Å². The number of nitrogens with zero attached hydrogens (tertiary/aromatic N) is 1. The number of halogens is 1. The normalized spacial score (nSPS) is 10.3. The Bertz CT molecular complexity index is 582. The summed E-state index contributed by atoms with van der Waals surface area (Å²) in [6, 6.07) is 5.35. The van der Waals surface area contributed by atoms with Gasteiger partial charge >= 0.3 is 5.97 Å². The molecule has 2 aromatic rings. The van der Waals surface area contributed by atoms with Crippen LogP contribution < -0.4 is 4.74 Å². The first-order valence-electron chi connectivity index (χ1n) is 5.10. The molecule has 4 nitrogen and oxygen atoms in total. The van der Waals surface area contributed by atoms with Crippen molar-refractivity contribution in [2.24, 2.45) is 0 Å². The Morgan fingerprint density at radius 3 is 2.94 bits per heavy atom. The van der Waals surface area contributed by atoms with Gasteiger partial charge in [-0.3, -0.25) is 4.79 Å². The Balaban J connectivity index is 2.28. The second kappa shape index (κ2) is 5.37. The van der Waals surface area contributed by atoms with Crippen LogP contribution in [-0.4, -0.2) is 23.2 Å². The van der Waals surface area contributed by atoms with Crippen LogP contribution in [0.25, 0.3) is 11.3 Å². The van der Waals surface area contributed by atoms with Crippen LogP contribution in [0.1, 0.15) is 5.01 Å². The van der Waals surface area contributed by atoms with Crippen LogP contribution >= 0.6 is 22.9 Å². The van der Waals surface area contributed by atoms with Crippen LogP contribution in [0.2, 0.25) is 5.02 Å². The van der Waals surface area contributed by atoms with Gasteiger partial charge in [0.2, 0.25) is 0 Å². The van der Waals surface area contributed by atoms with Gasteiger partial charge in [0.25, 0.3) is 0 Å². The van der Waals surface area contributed by atoms with Crippen LogP contribution in [-0.2, 0) is 11.2 Å². The zero-order valence-corrected chi connectivity index (χ0v) is 11.1. The van der Waals surface area contributed by atoms with Gasteiger partial charge in [-0.15, -0.1) is 11.3 Å². The molecule has 18 heavy (non-hydrogen) atoms. The number of thiazole rings is 1. The minimum atomic E-state index is -0.885. The molecule has 1 aromatic heterocycles. The fraction of sp³-hybridized carbons (Fsp3) is 0.167. The van der Waals surface area contributed by atoms with E-state index < -0.39 is 5.97 Å². The summed E-state index contributed by atoms with van der Waals surface area (Å²) < 4.78 is 5.07. The standard InChI is InChI=1S/C12H10ClNO3S/c1-17-10-3-2-7(4-8(10)13)9-6-18-11(14-9)5-12(15)16/h2-4,6H,5H2,1H3,(H,15,16). The second-order valence-corrected chi connectivity index (χ2v) is 4.90. The molecule has 1 heterocycles. The zero-order valence-electron chi connectivity index (χ0n) is 9.51. The van der Waals surface area contributed by atoms with E-state index in [2.05, 4.69) is 4.98 Å². The predicted molar refractivity (Wildman–Crippen MR) is 70.5 cm³/mol. The van der Waals surface area contributed by atoms with E-state index in [0.29, 0.717) is 15.8 Å². The molecular formula is C12H10ClNO3S. The van der Waals surface area contributed by atoms with Crippen LogP contribution in [0.15, 0.2) is 23.6 Å². The number of carboxylic acid groups (broad SMARTS) is 1. The SMILES string of the molecule is COc1ccc(-c2csc(CC(=O)O)n2)cc1Cl. The molecule has 0 saturated heterocycles. The summed E-state index contributed by atoms with van der Waals surface area (Å²) in [4.78, 5) is 14.8. The van der Waals surface area contributed by atoms with Gasteiger partial charge in [0, 0.05) is 10.9 Å². The van der Waals surface area contributed by atoms with Crippen molar-refractivity contribution in [2.75, 3.05) is 7.11 Å². The van der Waals surface area contributed by atoms with Gasteiger partial charge in [-0.05, 0) is 18.2 Å². The molecule has 6 heteroatoms. The van der Waals surface area contributed by atoms with Crippen LogP contribution in [0.5, 0.6) is 5.75 Å². The minimum Gasteiger partial charge on any atom is -0.495 e. The third-order valence-corrected chi connectivity index (χ3v) is 3.45. The van der Waals surface area contributed by atoms with Gasteiger partial charge in [0.05, 0.1) is 24.2 Å². The van der Waals surface area contributed by atoms with Crippen LogP contribution in [0.3, 0.4) is 0 Å². The highest BCUT2D eigenvalue weighted by molar-refractivity contribution is 7.10. The number of hydrogen-bond donors (Lipinski definition) is 1. The minimum absolute atomic E-state index is 0.0610. The van der Waals surface area contributed by atoms with Crippen LogP contribution in [0.4, 0.5) is 0 Å². The number of benzene rings is 1. The smallest absolute Gasteiger partial charge is 0.310 e. The maximum absolute atomic E-state index is 10.6. The molecule has 0 amide bonds. The third-order valence-electron chi connectivity index (χ3n) is 2.30. The van der Waals surface area contributed by atoms with E-state index in [1.807, 2.05) is 11.4 Å². The van der Waals surface area contributed by atoms with Gasteiger partial charge in [-0.1, -0.05) is 11.6 Å². The molecule has 0 spiro atoms. The largest absolute Gasteiger partial charge is 0.495 e. The lowest BCUT2D eigenvalue weighted by atomic mass is 10.2. The van der Waals surface area contributed by atoms with E-state index in [4.69, 9.17) is 21.4 Å². The Hall–Kier alpha value is -1.59. The van der Waals surface area contributed by atoms with Crippen molar-refractivity contribution in [3.8, 4) is 17.0 Å². The lowest BCUT2D eigenvalue weighted by molar-refractivity contribution is -0.136. The molecule has 0 aliphatic rings. The molecule has 94 valence electrons. The number of rotatable bonds is 4. The number of methoxy groups -OCH3 is 1. The highest BCUT2D eigenvalue weighted by Gasteiger charge is 2.09. The fourth-order valence-corrected chi connectivity index (χ4v) is 2.53. The van der Waals surface area contributed by atoms with Gasteiger partial charge in [-0.25, -0.2) is 4.98 Å². The average Bonchev–Trinajstić information content (AvgIpc) is 2.76. The maximum Gasteiger partial charge on any atom is 0.310 e. The van der Waals surface area contributed by atoms with E-state index in [0.717, 1.165) is 11.3 Å². The Morgan fingerprint density at radius 1 is 1.56 bits per heavy atom. The molecule has 0 bridgehead atoms. The van der Waals surface area contributed by atoms with Gasteiger partial charge in [0.1, 0.15) is 10.8 Å². The lowest BCUT2D eigenvalue weighted by Gasteiger charge is -2.03. The maximum atomic E-state index is 10.6. The molecule has 0 aliphatic carbocycles. The van der Waals surface area contributed by atoms with Crippen molar-refractivity contribution in [1.82, 2.24) is 4.98 Å². The van der Waals surface area contributed by atoms with Crippen molar-refractivity contribution < 1.29 is 14.6 Å². The highest BCUT2D eigenvalue weighted by atomic mass is 35.5. The van der Waals surface area contributed by atoms with Crippen molar-refractivity contribution >= 4 is 28.9 Å².